The predicted octanol–water partition coefficient (Wildman–Crippen LogP) is 2.84. The second-order valence-corrected chi connectivity index (χ2v) is 13.6. The molecule has 40 heavy (non-hydrogen) atoms. The zero-order valence-corrected chi connectivity index (χ0v) is 24.5. The van der Waals surface area contributed by atoms with E-state index in [-0.39, 0.29) is 22.8 Å². The maximum atomic E-state index is 13.5. The summed E-state index contributed by atoms with van der Waals surface area (Å²) in [5.74, 6) is -0.486. The van der Waals surface area contributed by atoms with Crippen LogP contribution in [0.1, 0.15) is 27.8 Å². The summed E-state index contributed by atoms with van der Waals surface area (Å²) in [4.78, 5) is 13.7. The van der Waals surface area contributed by atoms with E-state index < -0.39 is 32.0 Å². The van der Waals surface area contributed by atoms with E-state index in [4.69, 9.17) is 4.74 Å². The number of amides is 1. The number of benzene rings is 3. The van der Waals surface area contributed by atoms with Gasteiger partial charge in [0.05, 0.1) is 23.0 Å². The van der Waals surface area contributed by atoms with Gasteiger partial charge < -0.3 is 10.1 Å². The molecule has 3 aromatic rings. The Kier molecular flexibility index (Phi) is 9.42. The van der Waals surface area contributed by atoms with Crippen LogP contribution in [-0.2, 0) is 42.5 Å². The van der Waals surface area contributed by atoms with Crippen LogP contribution < -0.4 is 10.0 Å². The molecule has 214 valence electrons. The van der Waals surface area contributed by atoms with Crippen molar-refractivity contribution >= 4 is 26.0 Å². The molecule has 1 heterocycles. The molecular formula is C29H35N3O6S2. The Balaban J connectivity index is 1.50. The highest BCUT2D eigenvalue weighted by Gasteiger charge is 2.29. The van der Waals surface area contributed by atoms with Crippen molar-refractivity contribution in [2.45, 2.75) is 49.6 Å². The number of hydrogen-bond donors (Lipinski definition) is 2. The number of morpholine rings is 1. The molecule has 3 aromatic carbocycles. The van der Waals surface area contributed by atoms with E-state index in [1.807, 2.05) is 37.3 Å². The van der Waals surface area contributed by atoms with Gasteiger partial charge in [-0.15, -0.1) is 0 Å². The zero-order chi connectivity index (χ0) is 28.9. The molecular weight excluding hydrogens is 550 g/mol. The van der Waals surface area contributed by atoms with E-state index >= 15 is 0 Å². The van der Waals surface area contributed by atoms with Crippen LogP contribution in [0.2, 0.25) is 0 Å². The van der Waals surface area contributed by atoms with E-state index in [2.05, 4.69) is 10.0 Å². The van der Waals surface area contributed by atoms with Crippen molar-refractivity contribution in [1.82, 2.24) is 14.3 Å². The van der Waals surface area contributed by atoms with Crippen molar-refractivity contribution in [2.75, 3.05) is 26.3 Å². The van der Waals surface area contributed by atoms with Crippen LogP contribution in [0.3, 0.4) is 0 Å². The van der Waals surface area contributed by atoms with Gasteiger partial charge in [0.15, 0.2) is 0 Å². The zero-order valence-electron chi connectivity index (χ0n) is 22.9. The normalized spacial score (nSPS) is 15.5. The number of hydrogen-bond acceptors (Lipinski definition) is 6. The minimum Gasteiger partial charge on any atom is -0.379 e. The Labute approximate surface area is 236 Å². The molecule has 1 saturated heterocycles. The first-order valence-electron chi connectivity index (χ1n) is 13.1. The van der Waals surface area contributed by atoms with Gasteiger partial charge in [-0.25, -0.2) is 16.8 Å². The Bertz CT molecular complexity index is 1530. The molecule has 0 spiro atoms. The molecule has 11 heteroatoms. The summed E-state index contributed by atoms with van der Waals surface area (Å²) in [7, 11) is -7.63. The summed E-state index contributed by atoms with van der Waals surface area (Å²) in [6.45, 7) is 6.82. The molecule has 0 aromatic heterocycles. The molecule has 0 unspecified atom stereocenters. The summed E-state index contributed by atoms with van der Waals surface area (Å²) in [6, 6.07) is 18.0. The molecule has 0 bridgehead atoms. The van der Waals surface area contributed by atoms with Crippen LogP contribution in [0.4, 0.5) is 0 Å². The number of nitrogens with one attached hydrogen (secondary N) is 2. The lowest BCUT2D eigenvalue weighted by atomic mass is 10.1. The number of sulfonamides is 2. The number of nitrogens with zero attached hydrogens (tertiary/aromatic N) is 1. The Morgan fingerprint density at radius 1 is 0.875 bits per heavy atom. The van der Waals surface area contributed by atoms with Crippen LogP contribution in [-0.4, -0.2) is 59.4 Å². The van der Waals surface area contributed by atoms with Gasteiger partial charge in [0.2, 0.25) is 26.0 Å². The van der Waals surface area contributed by atoms with Crippen molar-refractivity contribution in [3.63, 3.8) is 0 Å². The summed E-state index contributed by atoms with van der Waals surface area (Å²) in [6.07, 6.45) is 0.159. The van der Waals surface area contributed by atoms with Gasteiger partial charge in [0, 0.05) is 19.6 Å². The largest absolute Gasteiger partial charge is 0.379 e. The number of ether oxygens (including phenoxy) is 1. The van der Waals surface area contributed by atoms with Crippen molar-refractivity contribution in [3.05, 3.63) is 94.5 Å². The molecule has 1 aliphatic heterocycles. The van der Waals surface area contributed by atoms with E-state index in [1.54, 1.807) is 38.1 Å². The SMILES string of the molecule is Cc1cc(C)c(S(=O)(=O)N[C@@H](Cc2ccccc2)C(=O)NCc2ccc(S(=O)(=O)N3CCOCC3)cc2)c(C)c1. The van der Waals surface area contributed by atoms with E-state index in [1.165, 1.54) is 16.4 Å². The predicted molar refractivity (Wildman–Crippen MR) is 153 cm³/mol. The van der Waals surface area contributed by atoms with Crippen molar-refractivity contribution in [3.8, 4) is 0 Å². The van der Waals surface area contributed by atoms with E-state index in [9.17, 15) is 21.6 Å². The summed E-state index contributed by atoms with van der Waals surface area (Å²) < 4.78 is 62.0. The monoisotopic (exact) mass is 585 g/mol. The summed E-state index contributed by atoms with van der Waals surface area (Å²) in [5.41, 5.74) is 3.66. The Morgan fingerprint density at radius 2 is 1.48 bits per heavy atom. The second-order valence-electron chi connectivity index (χ2n) is 9.97. The van der Waals surface area contributed by atoms with Crippen LogP contribution in [0.25, 0.3) is 0 Å². The van der Waals surface area contributed by atoms with Crippen LogP contribution in [0.5, 0.6) is 0 Å². The third kappa shape index (κ3) is 7.15. The lowest BCUT2D eigenvalue weighted by Gasteiger charge is -2.26. The average Bonchev–Trinajstić information content (AvgIpc) is 2.92. The highest BCUT2D eigenvalue weighted by Crippen LogP contribution is 2.23. The van der Waals surface area contributed by atoms with E-state index in [0.717, 1.165) is 11.1 Å². The molecule has 1 atom stereocenters. The molecule has 4 rings (SSSR count). The molecule has 9 nitrogen and oxygen atoms in total. The molecule has 1 fully saturated rings. The molecule has 1 amide bonds. The molecule has 2 N–H and O–H groups in total. The van der Waals surface area contributed by atoms with Crippen LogP contribution in [0.15, 0.2) is 76.5 Å². The van der Waals surface area contributed by atoms with Gasteiger partial charge >= 0.3 is 0 Å². The molecule has 1 aliphatic rings. The Hall–Kier alpha value is -3.09. The average molecular weight is 586 g/mol. The maximum Gasteiger partial charge on any atom is 0.243 e. The lowest BCUT2D eigenvalue weighted by Crippen LogP contribution is -2.48. The minimum absolute atomic E-state index is 0.103. The topological polar surface area (TPSA) is 122 Å². The van der Waals surface area contributed by atoms with Gasteiger partial charge in [-0.3, -0.25) is 4.79 Å². The number of carbonyl (C=O) groups is 1. The smallest absolute Gasteiger partial charge is 0.243 e. The van der Waals surface area contributed by atoms with Crippen molar-refractivity contribution < 1.29 is 26.4 Å². The summed E-state index contributed by atoms with van der Waals surface area (Å²) in [5, 5.41) is 2.81. The number of aryl methyl sites for hydroxylation is 3. The molecule has 0 radical (unpaired) electrons. The molecule has 0 saturated carbocycles. The maximum absolute atomic E-state index is 13.5. The van der Waals surface area contributed by atoms with Gasteiger partial charge in [-0.1, -0.05) is 60.2 Å². The number of carbonyl (C=O) groups excluding carboxylic acids is 1. The van der Waals surface area contributed by atoms with Gasteiger partial charge in [-0.05, 0) is 61.6 Å². The fraction of sp³-hybridized carbons (Fsp3) is 0.345. The first-order valence-corrected chi connectivity index (χ1v) is 16.0. The lowest BCUT2D eigenvalue weighted by molar-refractivity contribution is -0.122. The third-order valence-corrected chi connectivity index (χ3v) is 10.5. The van der Waals surface area contributed by atoms with Crippen molar-refractivity contribution in [2.24, 2.45) is 0 Å². The van der Waals surface area contributed by atoms with Gasteiger partial charge in [0.1, 0.15) is 6.04 Å². The van der Waals surface area contributed by atoms with Crippen LogP contribution in [0, 0.1) is 20.8 Å². The van der Waals surface area contributed by atoms with E-state index in [0.29, 0.717) is 43.0 Å². The fourth-order valence-electron chi connectivity index (χ4n) is 4.90. The number of rotatable bonds is 10. The standard InChI is InChI=1S/C29H35N3O6S2/c1-21-17-22(2)28(23(3)18-21)39(34,35)31-27(19-24-7-5-4-6-8-24)29(33)30-20-25-9-11-26(12-10-25)40(36,37)32-13-15-38-16-14-32/h4-12,17-18,27,31H,13-16,19-20H2,1-3H3,(H,30,33)/t27-/m0/s1. The highest BCUT2D eigenvalue weighted by atomic mass is 32.2. The van der Waals surface area contributed by atoms with Gasteiger partial charge in [0.25, 0.3) is 0 Å². The fourth-order valence-corrected chi connectivity index (χ4v) is 7.96. The first-order chi connectivity index (χ1) is 19.0. The Morgan fingerprint density at radius 3 is 2.08 bits per heavy atom. The minimum atomic E-state index is -4.01. The third-order valence-electron chi connectivity index (χ3n) is 6.77. The summed E-state index contributed by atoms with van der Waals surface area (Å²) >= 11 is 0. The first kappa shape index (κ1) is 29.9. The van der Waals surface area contributed by atoms with Gasteiger partial charge in [-0.2, -0.15) is 9.03 Å². The van der Waals surface area contributed by atoms with Crippen molar-refractivity contribution in [1.29, 1.82) is 0 Å². The quantitative estimate of drug-likeness (QED) is 0.378. The second kappa shape index (κ2) is 12.6. The van der Waals surface area contributed by atoms with Crippen LogP contribution >= 0.6 is 0 Å². The highest BCUT2D eigenvalue weighted by molar-refractivity contribution is 7.89. The molecule has 0 aliphatic carbocycles.